The van der Waals surface area contributed by atoms with Gasteiger partial charge in [-0.2, -0.15) is 5.10 Å². The average molecular weight is 436 g/mol. The number of nitrogens with one attached hydrogen (secondary N) is 1. The highest BCUT2D eigenvalue weighted by atomic mass is 19.1. The van der Waals surface area contributed by atoms with E-state index in [1.54, 1.807) is 23.2 Å². The van der Waals surface area contributed by atoms with Gasteiger partial charge in [0.25, 0.3) is 0 Å². The number of ketones is 1. The van der Waals surface area contributed by atoms with Crippen LogP contribution in [-0.4, -0.2) is 52.7 Å². The summed E-state index contributed by atoms with van der Waals surface area (Å²) in [6.45, 7) is 4.54. The second-order valence-corrected chi connectivity index (χ2v) is 7.83. The zero-order valence-corrected chi connectivity index (χ0v) is 18.0. The minimum absolute atomic E-state index is 0.133. The molecule has 0 unspecified atom stereocenters. The SMILES string of the molecule is CC(=O)c1ccc(N2CCN(C(=O)NCc3ccccc3Cn3cccn3)CC2)c(F)c1. The fourth-order valence-corrected chi connectivity index (χ4v) is 3.87. The number of benzene rings is 2. The van der Waals surface area contributed by atoms with Crippen molar-refractivity contribution in [1.82, 2.24) is 20.0 Å². The Balaban J connectivity index is 1.32. The number of carbonyl (C=O) groups excluding carboxylic acids is 2. The first kappa shape index (κ1) is 21.5. The molecule has 1 saturated heterocycles. The Morgan fingerprint density at radius 2 is 1.78 bits per heavy atom. The minimum atomic E-state index is -0.413. The molecule has 1 fully saturated rings. The summed E-state index contributed by atoms with van der Waals surface area (Å²) in [5.74, 6) is -0.576. The number of rotatable bonds is 6. The quantitative estimate of drug-likeness (QED) is 0.603. The third-order valence-corrected chi connectivity index (χ3v) is 5.70. The molecule has 3 aromatic rings. The highest BCUT2D eigenvalue weighted by molar-refractivity contribution is 5.94. The number of piperazine rings is 1. The standard InChI is InChI=1S/C24H26FN5O2/c1-18(31)19-7-8-23(22(25)15-19)28-11-13-29(14-12-28)24(32)26-16-20-5-2-3-6-21(20)17-30-10-4-9-27-30/h2-10,15H,11-14,16-17H2,1H3,(H,26,32). The normalized spacial score (nSPS) is 13.8. The van der Waals surface area contributed by atoms with E-state index in [9.17, 15) is 14.0 Å². The molecule has 2 heterocycles. The molecule has 166 valence electrons. The third kappa shape index (κ3) is 4.96. The van der Waals surface area contributed by atoms with Gasteiger partial charge in [-0.25, -0.2) is 9.18 Å². The number of nitrogens with zero attached hydrogens (tertiary/aromatic N) is 4. The van der Waals surface area contributed by atoms with E-state index in [4.69, 9.17) is 0 Å². The molecule has 0 bridgehead atoms. The van der Waals surface area contributed by atoms with Crippen molar-refractivity contribution in [3.05, 3.63) is 83.4 Å². The molecule has 1 aliphatic rings. The summed E-state index contributed by atoms with van der Waals surface area (Å²) in [6.07, 6.45) is 3.65. The summed E-state index contributed by atoms with van der Waals surface area (Å²) in [5, 5.41) is 7.25. The van der Waals surface area contributed by atoms with Crippen LogP contribution in [0.25, 0.3) is 0 Å². The van der Waals surface area contributed by atoms with E-state index >= 15 is 0 Å². The first-order chi connectivity index (χ1) is 15.5. The first-order valence-corrected chi connectivity index (χ1v) is 10.6. The van der Waals surface area contributed by atoms with E-state index in [1.807, 2.05) is 46.1 Å². The zero-order valence-electron chi connectivity index (χ0n) is 18.0. The van der Waals surface area contributed by atoms with Crippen LogP contribution in [0.1, 0.15) is 28.4 Å². The highest BCUT2D eigenvalue weighted by Crippen LogP contribution is 2.22. The number of hydrogen-bond donors (Lipinski definition) is 1. The molecule has 8 heteroatoms. The molecule has 1 aliphatic heterocycles. The zero-order chi connectivity index (χ0) is 22.5. The lowest BCUT2D eigenvalue weighted by molar-refractivity contribution is 0.101. The molecule has 7 nitrogen and oxygen atoms in total. The fraction of sp³-hybridized carbons (Fsp3) is 0.292. The predicted octanol–water partition coefficient (Wildman–Crippen LogP) is 3.30. The maximum Gasteiger partial charge on any atom is 0.317 e. The van der Waals surface area contributed by atoms with Gasteiger partial charge < -0.3 is 15.1 Å². The molecule has 0 radical (unpaired) electrons. The number of carbonyl (C=O) groups is 2. The maximum atomic E-state index is 14.4. The monoisotopic (exact) mass is 435 g/mol. The van der Waals surface area contributed by atoms with Crippen molar-refractivity contribution in [3.8, 4) is 0 Å². The lowest BCUT2D eigenvalue weighted by Gasteiger charge is -2.36. The van der Waals surface area contributed by atoms with E-state index < -0.39 is 5.82 Å². The lowest BCUT2D eigenvalue weighted by Crippen LogP contribution is -2.52. The van der Waals surface area contributed by atoms with Crippen LogP contribution < -0.4 is 10.2 Å². The van der Waals surface area contributed by atoms with Crippen molar-refractivity contribution in [3.63, 3.8) is 0 Å². The van der Waals surface area contributed by atoms with Crippen molar-refractivity contribution < 1.29 is 14.0 Å². The molecule has 2 amide bonds. The number of urea groups is 1. The molecule has 2 aromatic carbocycles. The predicted molar refractivity (Wildman–Crippen MR) is 120 cm³/mol. The van der Waals surface area contributed by atoms with E-state index in [1.165, 1.54) is 13.0 Å². The Hall–Kier alpha value is -3.68. The number of aromatic nitrogens is 2. The Labute approximate surface area is 186 Å². The smallest absolute Gasteiger partial charge is 0.317 e. The Morgan fingerprint density at radius 3 is 2.44 bits per heavy atom. The minimum Gasteiger partial charge on any atom is -0.366 e. The molecule has 32 heavy (non-hydrogen) atoms. The van der Waals surface area contributed by atoms with Gasteiger partial charge >= 0.3 is 6.03 Å². The maximum absolute atomic E-state index is 14.4. The highest BCUT2D eigenvalue weighted by Gasteiger charge is 2.23. The van der Waals surface area contributed by atoms with Gasteiger partial charge in [-0.15, -0.1) is 0 Å². The van der Waals surface area contributed by atoms with Crippen LogP contribution in [0.3, 0.4) is 0 Å². The van der Waals surface area contributed by atoms with Gasteiger partial charge in [0.1, 0.15) is 5.82 Å². The topological polar surface area (TPSA) is 70.5 Å². The molecular formula is C24H26FN5O2. The third-order valence-electron chi connectivity index (χ3n) is 5.70. The lowest BCUT2D eigenvalue weighted by atomic mass is 10.1. The number of anilines is 1. The average Bonchev–Trinajstić information content (AvgIpc) is 3.31. The molecule has 1 aromatic heterocycles. The van der Waals surface area contributed by atoms with E-state index in [2.05, 4.69) is 10.4 Å². The fourth-order valence-electron chi connectivity index (χ4n) is 3.87. The number of hydrogen-bond acceptors (Lipinski definition) is 4. The summed E-state index contributed by atoms with van der Waals surface area (Å²) in [7, 11) is 0. The van der Waals surface area contributed by atoms with Gasteiger partial charge in [-0.05, 0) is 42.3 Å². The van der Waals surface area contributed by atoms with Gasteiger partial charge in [0, 0.05) is 50.7 Å². The summed E-state index contributed by atoms with van der Waals surface area (Å²) in [5.41, 5.74) is 2.97. The Kier molecular flexibility index (Phi) is 6.49. The largest absolute Gasteiger partial charge is 0.366 e. The van der Waals surface area contributed by atoms with Crippen molar-refractivity contribution in [2.75, 3.05) is 31.1 Å². The van der Waals surface area contributed by atoms with Crippen molar-refractivity contribution >= 4 is 17.5 Å². The second-order valence-electron chi connectivity index (χ2n) is 7.83. The van der Waals surface area contributed by atoms with E-state index in [0.717, 1.165) is 11.1 Å². The van der Waals surface area contributed by atoms with E-state index in [-0.39, 0.29) is 11.8 Å². The van der Waals surface area contributed by atoms with Crippen LogP contribution in [0.4, 0.5) is 14.9 Å². The van der Waals surface area contributed by atoms with Gasteiger partial charge in [0.15, 0.2) is 5.78 Å². The molecule has 4 rings (SSSR count). The number of halogens is 1. The number of Topliss-reactive ketones (excluding diaryl/α,β-unsaturated/α-hetero) is 1. The van der Waals surface area contributed by atoms with Crippen molar-refractivity contribution in [2.45, 2.75) is 20.0 Å². The Bertz CT molecular complexity index is 1090. The molecule has 0 aliphatic carbocycles. The van der Waals surface area contributed by atoms with Crippen molar-refractivity contribution in [1.29, 1.82) is 0 Å². The van der Waals surface area contributed by atoms with Gasteiger partial charge in [-0.1, -0.05) is 24.3 Å². The summed E-state index contributed by atoms with van der Waals surface area (Å²) >= 11 is 0. The van der Waals surface area contributed by atoms with Gasteiger partial charge in [-0.3, -0.25) is 9.48 Å². The first-order valence-electron chi connectivity index (χ1n) is 10.6. The van der Waals surface area contributed by atoms with Crippen molar-refractivity contribution in [2.24, 2.45) is 0 Å². The molecule has 1 N–H and O–H groups in total. The van der Waals surface area contributed by atoms with Crippen LogP contribution in [0.15, 0.2) is 60.9 Å². The van der Waals surface area contributed by atoms with Crippen LogP contribution >= 0.6 is 0 Å². The summed E-state index contributed by atoms with van der Waals surface area (Å²) in [6, 6.07) is 14.3. The molecule has 0 spiro atoms. The van der Waals surface area contributed by atoms with Crippen LogP contribution in [0.2, 0.25) is 0 Å². The van der Waals surface area contributed by atoms with Crippen LogP contribution in [0, 0.1) is 5.82 Å². The summed E-state index contributed by atoms with van der Waals surface area (Å²) < 4.78 is 16.3. The van der Waals surface area contributed by atoms with Gasteiger partial charge in [0.05, 0.1) is 12.2 Å². The molecular weight excluding hydrogens is 409 g/mol. The van der Waals surface area contributed by atoms with Crippen LogP contribution in [-0.2, 0) is 13.1 Å². The molecule has 0 saturated carbocycles. The second kappa shape index (κ2) is 9.64. The number of amides is 2. The Morgan fingerprint density at radius 1 is 1.03 bits per heavy atom. The summed E-state index contributed by atoms with van der Waals surface area (Å²) in [4.78, 5) is 27.8. The van der Waals surface area contributed by atoms with Gasteiger partial charge in [0.2, 0.25) is 0 Å². The van der Waals surface area contributed by atoms with E-state index in [0.29, 0.717) is 50.5 Å². The molecule has 0 atom stereocenters. The van der Waals surface area contributed by atoms with Crippen LogP contribution in [0.5, 0.6) is 0 Å².